The van der Waals surface area contributed by atoms with E-state index >= 15 is 0 Å². The Morgan fingerprint density at radius 3 is 2.57 bits per heavy atom. The summed E-state index contributed by atoms with van der Waals surface area (Å²) in [7, 11) is 0. The summed E-state index contributed by atoms with van der Waals surface area (Å²) in [5.74, 6) is -2.40. The molecule has 0 saturated carbocycles. The minimum absolute atomic E-state index is 0.000132. The number of hydrogen-bond acceptors (Lipinski definition) is 7. The Bertz CT molecular complexity index is 1110. The number of hydrogen-bond donors (Lipinski definition) is 3. The molecular formula is C20H16N2O7S. The lowest BCUT2D eigenvalue weighted by Gasteiger charge is -2.08. The minimum atomic E-state index is -1.20. The van der Waals surface area contributed by atoms with Crippen molar-refractivity contribution in [3.63, 3.8) is 0 Å². The summed E-state index contributed by atoms with van der Waals surface area (Å²) < 4.78 is 5.09. The van der Waals surface area contributed by atoms with E-state index in [1.807, 2.05) is 6.07 Å². The molecule has 0 unspecified atom stereocenters. The van der Waals surface area contributed by atoms with E-state index in [-0.39, 0.29) is 16.3 Å². The van der Waals surface area contributed by atoms with Crippen LogP contribution in [0.25, 0.3) is 10.4 Å². The van der Waals surface area contributed by atoms with Crippen molar-refractivity contribution >= 4 is 34.7 Å². The predicted molar refractivity (Wildman–Crippen MR) is 110 cm³/mol. The Labute approximate surface area is 174 Å². The normalized spacial score (nSPS) is 10.4. The number of nitro groups is 1. The molecule has 0 atom stereocenters. The molecule has 3 N–H and O–H groups in total. The third kappa shape index (κ3) is 5.11. The Balaban J connectivity index is 1.79. The van der Waals surface area contributed by atoms with E-state index in [4.69, 9.17) is 9.84 Å². The zero-order valence-corrected chi connectivity index (χ0v) is 16.2. The molecule has 3 aromatic rings. The van der Waals surface area contributed by atoms with Gasteiger partial charge < -0.3 is 20.3 Å². The van der Waals surface area contributed by atoms with Gasteiger partial charge in [0.25, 0.3) is 5.69 Å². The van der Waals surface area contributed by atoms with Crippen molar-refractivity contribution in [2.24, 2.45) is 0 Å². The van der Waals surface area contributed by atoms with Crippen LogP contribution in [0.5, 0.6) is 5.75 Å². The number of nitrogens with one attached hydrogen (secondary N) is 1. The monoisotopic (exact) mass is 428 g/mol. The van der Waals surface area contributed by atoms with Crippen LogP contribution in [0.1, 0.15) is 15.2 Å². The zero-order valence-electron chi connectivity index (χ0n) is 15.4. The maximum absolute atomic E-state index is 11.4. The van der Waals surface area contributed by atoms with Gasteiger partial charge in [0.1, 0.15) is 5.75 Å². The number of carboxylic acids is 2. The fourth-order valence-electron chi connectivity index (χ4n) is 2.68. The number of carbonyl (C=O) groups is 2. The smallest absolute Gasteiger partial charge is 0.349 e. The third-order valence-corrected chi connectivity index (χ3v) is 5.16. The van der Waals surface area contributed by atoms with E-state index in [2.05, 4.69) is 5.32 Å². The van der Waals surface area contributed by atoms with Crippen molar-refractivity contribution in [1.82, 2.24) is 0 Å². The number of benzene rings is 2. The highest BCUT2D eigenvalue weighted by Crippen LogP contribution is 2.37. The molecule has 1 aromatic heterocycles. The molecule has 0 fully saturated rings. The number of rotatable bonds is 9. The van der Waals surface area contributed by atoms with Crippen LogP contribution in [0.4, 0.5) is 11.4 Å². The molecule has 0 saturated heterocycles. The number of thiophene rings is 1. The molecule has 3 rings (SSSR count). The fraction of sp³-hybridized carbons (Fsp3) is 0.100. The van der Waals surface area contributed by atoms with Gasteiger partial charge in [0.05, 0.1) is 4.92 Å². The zero-order chi connectivity index (χ0) is 21.7. The average Bonchev–Trinajstić information content (AvgIpc) is 3.16. The number of aromatic carboxylic acids is 1. The number of non-ortho nitro benzene ring substituents is 1. The van der Waals surface area contributed by atoms with Gasteiger partial charge in [-0.3, -0.25) is 10.1 Å². The number of aliphatic carboxylic acids is 1. The first-order chi connectivity index (χ1) is 14.3. The molecule has 0 aliphatic heterocycles. The van der Waals surface area contributed by atoms with Gasteiger partial charge in [-0.05, 0) is 29.3 Å². The van der Waals surface area contributed by atoms with Gasteiger partial charge in [-0.15, -0.1) is 11.3 Å². The van der Waals surface area contributed by atoms with Crippen LogP contribution in [0, 0.1) is 10.1 Å². The number of carboxylic acid groups (broad SMARTS) is 2. The molecule has 1 heterocycles. The fourth-order valence-corrected chi connectivity index (χ4v) is 3.62. The first-order valence-corrected chi connectivity index (χ1v) is 9.44. The summed E-state index contributed by atoms with van der Waals surface area (Å²) in [6, 6.07) is 15.0. The standard InChI is InChI=1S/C20H16N2O7S/c23-18(24)11-29-16-9-17(30-19(16)20(25)26)13-4-2-5-14(8-13)21-10-12-3-1-6-15(7-12)22(27)28/h1-9,21H,10-11H2,(H,23,24)(H,25,26). The molecule has 0 spiro atoms. The highest BCUT2D eigenvalue weighted by molar-refractivity contribution is 7.17. The lowest BCUT2D eigenvalue weighted by molar-refractivity contribution is -0.384. The Hall–Kier alpha value is -3.92. The Morgan fingerprint density at radius 2 is 1.87 bits per heavy atom. The van der Waals surface area contributed by atoms with Crippen LogP contribution in [0.3, 0.4) is 0 Å². The largest absolute Gasteiger partial charge is 0.480 e. The topological polar surface area (TPSA) is 139 Å². The lowest BCUT2D eigenvalue weighted by Crippen LogP contribution is -2.10. The summed E-state index contributed by atoms with van der Waals surface area (Å²) in [4.78, 5) is 33.1. The highest BCUT2D eigenvalue weighted by atomic mass is 32.1. The number of nitro benzene ring substituents is 1. The molecule has 0 aliphatic carbocycles. The van der Waals surface area contributed by atoms with E-state index in [1.54, 1.807) is 30.3 Å². The molecule has 10 heteroatoms. The molecule has 0 amide bonds. The van der Waals surface area contributed by atoms with Crippen molar-refractivity contribution in [2.45, 2.75) is 6.54 Å². The van der Waals surface area contributed by atoms with Gasteiger partial charge in [-0.25, -0.2) is 9.59 Å². The maximum atomic E-state index is 11.4. The van der Waals surface area contributed by atoms with E-state index in [9.17, 15) is 24.8 Å². The Morgan fingerprint density at radius 1 is 1.10 bits per heavy atom. The second-order valence-electron chi connectivity index (χ2n) is 6.15. The summed E-state index contributed by atoms with van der Waals surface area (Å²) in [5, 5.41) is 32.2. The van der Waals surface area contributed by atoms with E-state index < -0.39 is 23.5 Å². The van der Waals surface area contributed by atoms with Gasteiger partial charge in [0.15, 0.2) is 11.5 Å². The molecule has 0 radical (unpaired) electrons. The van der Waals surface area contributed by atoms with Gasteiger partial charge >= 0.3 is 11.9 Å². The van der Waals surface area contributed by atoms with Crippen molar-refractivity contribution in [3.8, 4) is 16.2 Å². The van der Waals surface area contributed by atoms with Gasteiger partial charge in [0, 0.05) is 29.2 Å². The summed E-state index contributed by atoms with van der Waals surface area (Å²) in [6.45, 7) is -0.274. The molecule has 154 valence electrons. The number of anilines is 1. The second-order valence-corrected chi connectivity index (χ2v) is 7.21. The van der Waals surface area contributed by atoms with Crippen LogP contribution >= 0.6 is 11.3 Å². The van der Waals surface area contributed by atoms with Gasteiger partial charge in [0.2, 0.25) is 0 Å². The van der Waals surface area contributed by atoms with Crippen molar-refractivity contribution < 1.29 is 29.5 Å². The third-order valence-electron chi connectivity index (χ3n) is 4.01. The number of nitrogens with zero attached hydrogens (tertiary/aromatic N) is 1. The average molecular weight is 428 g/mol. The highest BCUT2D eigenvalue weighted by Gasteiger charge is 2.18. The van der Waals surface area contributed by atoms with Crippen LogP contribution in [0.15, 0.2) is 54.6 Å². The van der Waals surface area contributed by atoms with Crippen molar-refractivity contribution in [3.05, 3.63) is 75.2 Å². The molecule has 30 heavy (non-hydrogen) atoms. The summed E-state index contributed by atoms with van der Waals surface area (Å²) in [6.07, 6.45) is 0. The number of ether oxygens (including phenoxy) is 1. The van der Waals surface area contributed by atoms with E-state index in [1.165, 1.54) is 18.2 Å². The van der Waals surface area contributed by atoms with Crippen LogP contribution in [-0.4, -0.2) is 33.7 Å². The summed E-state index contributed by atoms with van der Waals surface area (Å²) in [5.41, 5.74) is 2.20. The maximum Gasteiger partial charge on any atom is 0.349 e. The molecular weight excluding hydrogens is 412 g/mol. The minimum Gasteiger partial charge on any atom is -0.480 e. The first kappa shape index (κ1) is 20.8. The van der Waals surface area contributed by atoms with Gasteiger partial charge in [-0.1, -0.05) is 24.3 Å². The molecule has 9 nitrogen and oxygen atoms in total. The SMILES string of the molecule is O=C(O)COc1cc(-c2cccc(NCc3cccc([N+](=O)[O-])c3)c2)sc1C(=O)O. The lowest BCUT2D eigenvalue weighted by atomic mass is 10.1. The van der Waals surface area contributed by atoms with E-state index in [0.717, 1.165) is 28.2 Å². The second kappa shape index (κ2) is 9.05. The summed E-state index contributed by atoms with van der Waals surface area (Å²) >= 11 is 0.980. The van der Waals surface area contributed by atoms with Crippen molar-refractivity contribution in [1.29, 1.82) is 0 Å². The van der Waals surface area contributed by atoms with Gasteiger partial charge in [-0.2, -0.15) is 0 Å². The first-order valence-electron chi connectivity index (χ1n) is 8.63. The van der Waals surface area contributed by atoms with Crippen LogP contribution in [0.2, 0.25) is 0 Å². The van der Waals surface area contributed by atoms with Crippen LogP contribution in [-0.2, 0) is 11.3 Å². The molecule has 0 bridgehead atoms. The molecule has 0 aliphatic rings. The predicted octanol–water partition coefficient (Wildman–Crippen LogP) is 4.10. The van der Waals surface area contributed by atoms with E-state index in [0.29, 0.717) is 11.4 Å². The Kier molecular flexibility index (Phi) is 6.28. The molecule has 2 aromatic carbocycles. The quantitative estimate of drug-likeness (QED) is 0.342. The van der Waals surface area contributed by atoms with Crippen LogP contribution < -0.4 is 10.1 Å². The van der Waals surface area contributed by atoms with Crippen molar-refractivity contribution in [2.75, 3.05) is 11.9 Å².